The highest BCUT2D eigenvalue weighted by Gasteiger charge is 2.10. The second-order valence-corrected chi connectivity index (χ2v) is 4.74. The summed E-state index contributed by atoms with van der Waals surface area (Å²) in [5.74, 6) is 0.0209. The minimum absolute atomic E-state index is 0.0209. The van der Waals surface area contributed by atoms with Crippen LogP contribution in [0.25, 0.3) is 11.1 Å². The van der Waals surface area contributed by atoms with E-state index in [4.69, 9.17) is 0 Å². The Labute approximate surface area is 113 Å². The molecular weight excluding hydrogens is 238 g/mol. The molecule has 0 atom stereocenters. The molecule has 1 aromatic heterocycles. The summed E-state index contributed by atoms with van der Waals surface area (Å²) >= 11 is 0. The number of hydrogen-bond acceptors (Lipinski definition) is 2. The molecule has 100 valence electrons. The Hall–Kier alpha value is -2.10. The second kappa shape index (κ2) is 5.26. The van der Waals surface area contributed by atoms with Gasteiger partial charge < -0.3 is 4.90 Å². The maximum absolute atomic E-state index is 11.8. The highest BCUT2D eigenvalue weighted by Crippen LogP contribution is 2.23. The first-order chi connectivity index (χ1) is 9.04. The van der Waals surface area contributed by atoms with E-state index in [0.717, 1.165) is 23.4 Å². The van der Waals surface area contributed by atoms with E-state index in [1.54, 1.807) is 19.0 Å². The van der Waals surface area contributed by atoms with Crippen molar-refractivity contribution in [1.29, 1.82) is 0 Å². The molecule has 0 bridgehead atoms. The minimum atomic E-state index is 0.0209. The zero-order valence-corrected chi connectivity index (χ0v) is 11.8. The summed E-state index contributed by atoms with van der Waals surface area (Å²) < 4.78 is 1.97. The Balaban J connectivity index is 2.32. The molecule has 0 aliphatic heterocycles. The van der Waals surface area contributed by atoms with Crippen molar-refractivity contribution < 1.29 is 4.79 Å². The fourth-order valence-electron chi connectivity index (χ4n) is 2.10. The Morgan fingerprint density at radius 2 is 1.89 bits per heavy atom. The van der Waals surface area contributed by atoms with E-state index in [1.165, 1.54) is 0 Å². The molecule has 0 unspecified atom stereocenters. The van der Waals surface area contributed by atoms with E-state index in [2.05, 4.69) is 18.9 Å². The molecule has 0 saturated carbocycles. The number of benzene rings is 1. The van der Waals surface area contributed by atoms with Gasteiger partial charge in [-0.2, -0.15) is 5.10 Å². The van der Waals surface area contributed by atoms with Crippen molar-refractivity contribution >= 4 is 5.91 Å². The van der Waals surface area contributed by atoms with Gasteiger partial charge in [0.05, 0.1) is 6.20 Å². The monoisotopic (exact) mass is 257 g/mol. The van der Waals surface area contributed by atoms with Crippen LogP contribution in [-0.2, 0) is 6.54 Å². The standard InChI is InChI=1S/C15H19N3O/c1-5-18-11(2)14(10-16-18)12-6-8-13(9-7-12)15(19)17(3)4/h6-10H,5H2,1-4H3. The average molecular weight is 257 g/mol. The summed E-state index contributed by atoms with van der Waals surface area (Å²) in [6, 6.07) is 7.67. The van der Waals surface area contributed by atoms with Gasteiger partial charge in [0.1, 0.15) is 0 Å². The summed E-state index contributed by atoms with van der Waals surface area (Å²) in [7, 11) is 3.51. The van der Waals surface area contributed by atoms with Gasteiger partial charge in [-0.05, 0) is 31.5 Å². The van der Waals surface area contributed by atoms with Crippen LogP contribution in [0.3, 0.4) is 0 Å². The lowest BCUT2D eigenvalue weighted by atomic mass is 10.0. The van der Waals surface area contributed by atoms with E-state index < -0.39 is 0 Å². The molecule has 0 aliphatic rings. The molecular formula is C15H19N3O. The summed E-state index contributed by atoms with van der Waals surface area (Å²) in [5.41, 5.74) is 4.06. The lowest BCUT2D eigenvalue weighted by molar-refractivity contribution is 0.0827. The van der Waals surface area contributed by atoms with Crippen LogP contribution < -0.4 is 0 Å². The Kier molecular flexibility index (Phi) is 3.69. The highest BCUT2D eigenvalue weighted by molar-refractivity contribution is 5.94. The van der Waals surface area contributed by atoms with Crippen LogP contribution in [0.15, 0.2) is 30.5 Å². The van der Waals surface area contributed by atoms with Gasteiger partial charge in [-0.25, -0.2) is 0 Å². The zero-order valence-electron chi connectivity index (χ0n) is 11.8. The van der Waals surface area contributed by atoms with E-state index in [1.807, 2.05) is 35.1 Å². The third-order valence-electron chi connectivity index (χ3n) is 3.25. The predicted molar refractivity (Wildman–Crippen MR) is 76.1 cm³/mol. The zero-order chi connectivity index (χ0) is 14.0. The third-order valence-corrected chi connectivity index (χ3v) is 3.25. The van der Waals surface area contributed by atoms with Gasteiger partial charge in [0.25, 0.3) is 5.91 Å². The number of carbonyl (C=O) groups excluding carboxylic acids is 1. The van der Waals surface area contributed by atoms with Gasteiger partial charge in [0.2, 0.25) is 0 Å². The first-order valence-corrected chi connectivity index (χ1v) is 6.39. The molecule has 0 fully saturated rings. The summed E-state index contributed by atoms with van der Waals surface area (Å²) in [6.07, 6.45) is 1.88. The van der Waals surface area contributed by atoms with Crippen molar-refractivity contribution in [3.05, 3.63) is 41.7 Å². The van der Waals surface area contributed by atoms with Crippen LogP contribution >= 0.6 is 0 Å². The molecule has 0 aliphatic carbocycles. The number of aryl methyl sites for hydroxylation is 1. The molecule has 2 rings (SSSR count). The van der Waals surface area contributed by atoms with Crippen molar-refractivity contribution in [2.75, 3.05) is 14.1 Å². The van der Waals surface area contributed by atoms with Gasteiger partial charge in [-0.15, -0.1) is 0 Å². The van der Waals surface area contributed by atoms with Gasteiger partial charge in [0.15, 0.2) is 0 Å². The molecule has 0 saturated heterocycles. The van der Waals surface area contributed by atoms with Crippen molar-refractivity contribution in [3.63, 3.8) is 0 Å². The molecule has 0 spiro atoms. The first-order valence-electron chi connectivity index (χ1n) is 6.39. The molecule has 0 radical (unpaired) electrons. The average Bonchev–Trinajstić information content (AvgIpc) is 2.79. The molecule has 2 aromatic rings. The van der Waals surface area contributed by atoms with Crippen molar-refractivity contribution in [2.45, 2.75) is 20.4 Å². The fraction of sp³-hybridized carbons (Fsp3) is 0.333. The Bertz CT molecular complexity index is 582. The molecule has 1 heterocycles. The van der Waals surface area contributed by atoms with Crippen LogP contribution in [0.2, 0.25) is 0 Å². The second-order valence-electron chi connectivity index (χ2n) is 4.74. The maximum atomic E-state index is 11.8. The molecule has 0 N–H and O–H groups in total. The van der Waals surface area contributed by atoms with Crippen molar-refractivity contribution in [1.82, 2.24) is 14.7 Å². The highest BCUT2D eigenvalue weighted by atomic mass is 16.2. The van der Waals surface area contributed by atoms with Crippen molar-refractivity contribution in [2.24, 2.45) is 0 Å². The van der Waals surface area contributed by atoms with E-state index >= 15 is 0 Å². The number of amides is 1. The van der Waals surface area contributed by atoms with Crippen molar-refractivity contribution in [3.8, 4) is 11.1 Å². The molecule has 1 aromatic carbocycles. The van der Waals surface area contributed by atoms with Crippen LogP contribution in [0.4, 0.5) is 0 Å². The van der Waals surface area contributed by atoms with E-state index in [0.29, 0.717) is 5.56 Å². The van der Waals surface area contributed by atoms with Gasteiger partial charge in [-0.1, -0.05) is 12.1 Å². The first kappa shape index (κ1) is 13.3. The summed E-state index contributed by atoms with van der Waals surface area (Å²) in [5, 5.41) is 4.34. The lowest BCUT2D eigenvalue weighted by Gasteiger charge is -2.10. The lowest BCUT2D eigenvalue weighted by Crippen LogP contribution is -2.21. The Morgan fingerprint density at radius 3 is 2.37 bits per heavy atom. The van der Waals surface area contributed by atoms with E-state index in [-0.39, 0.29) is 5.91 Å². The molecule has 19 heavy (non-hydrogen) atoms. The number of rotatable bonds is 3. The summed E-state index contributed by atoms with van der Waals surface area (Å²) in [4.78, 5) is 13.4. The number of hydrogen-bond donors (Lipinski definition) is 0. The molecule has 4 heteroatoms. The quantitative estimate of drug-likeness (QED) is 0.847. The van der Waals surface area contributed by atoms with Gasteiger partial charge in [0, 0.05) is 37.5 Å². The topological polar surface area (TPSA) is 38.1 Å². The largest absolute Gasteiger partial charge is 0.345 e. The van der Waals surface area contributed by atoms with Crippen LogP contribution in [0, 0.1) is 6.92 Å². The normalized spacial score (nSPS) is 10.5. The van der Waals surface area contributed by atoms with Crippen LogP contribution in [0.1, 0.15) is 23.0 Å². The Morgan fingerprint density at radius 1 is 1.26 bits per heavy atom. The van der Waals surface area contributed by atoms with Crippen LogP contribution in [-0.4, -0.2) is 34.7 Å². The van der Waals surface area contributed by atoms with E-state index in [9.17, 15) is 4.79 Å². The number of aromatic nitrogens is 2. The third kappa shape index (κ3) is 2.52. The number of nitrogens with zero attached hydrogens (tertiary/aromatic N) is 3. The fourth-order valence-corrected chi connectivity index (χ4v) is 2.10. The van der Waals surface area contributed by atoms with Gasteiger partial charge in [-0.3, -0.25) is 9.48 Å². The summed E-state index contributed by atoms with van der Waals surface area (Å²) in [6.45, 7) is 5.00. The maximum Gasteiger partial charge on any atom is 0.253 e. The predicted octanol–water partition coefficient (Wildman–Crippen LogP) is 2.58. The SMILES string of the molecule is CCn1ncc(-c2ccc(C(=O)N(C)C)cc2)c1C. The molecule has 4 nitrogen and oxygen atoms in total. The smallest absolute Gasteiger partial charge is 0.253 e. The van der Waals surface area contributed by atoms with Crippen LogP contribution in [0.5, 0.6) is 0 Å². The van der Waals surface area contributed by atoms with Gasteiger partial charge >= 0.3 is 0 Å². The molecule has 1 amide bonds. The number of carbonyl (C=O) groups is 1. The minimum Gasteiger partial charge on any atom is -0.345 e.